The Kier molecular flexibility index (Phi) is 4.10. The normalized spacial score (nSPS) is 15.6. The molecule has 0 aliphatic heterocycles. The molecule has 0 saturated heterocycles. The van der Waals surface area contributed by atoms with Gasteiger partial charge in [-0.3, -0.25) is 4.79 Å². The van der Waals surface area contributed by atoms with Crippen molar-refractivity contribution in [3.8, 4) is 0 Å². The summed E-state index contributed by atoms with van der Waals surface area (Å²) < 4.78 is 39.5. The van der Waals surface area contributed by atoms with Gasteiger partial charge in [0.2, 0.25) is 10.0 Å². The lowest BCUT2D eigenvalue weighted by Gasteiger charge is -2.20. The van der Waals surface area contributed by atoms with Gasteiger partial charge in [0.25, 0.3) is 0 Å². The third kappa shape index (κ3) is 3.34. The van der Waals surface area contributed by atoms with Crippen LogP contribution in [0.3, 0.4) is 0 Å². The van der Waals surface area contributed by atoms with E-state index in [0.29, 0.717) is 5.56 Å². The van der Waals surface area contributed by atoms with Crippen LogP contribution in [-0.2, 0) is 14.8 Å². The highest BCUT2D eigenvalue weighted by Gasteiger charge is 2.34. The van der Waals surface area contributed by atoms with E-state index in [9.17, 15) is 17.6 Å². The van der Waals surface area contributed by atoms with Crippen LogP contribution in [0.4, 0.5) is 4.39 Å². The lowest BCUT2D eigenvalue weighted by Crippen LogP contribution is -2.37. The number of aliphatic carboxylic acids is 1. The first-order valence-corrected chi connectivity index (χ1v) is 7.73. The fourth-order valence-electron chi connectivity index (χ4n) is 1.93. The lowest BCUT2D eigenvalue weighted by molar-refractivity contribution is -0.137. The van der Waals surface area contributed by atoms with Crippen LogP contribution in [0.5, 0.6) is 0 Å². The molecule has 1 aromatic rings. The first kappa shape index (κ1) is 14.9. The monoisotopic (exact) mass is 301 g/mol. The third-order valence-corrected chi connectivity index (χ3v) is 5.00. The van der Waals surface area contributed by atoms with Crippen LogP contribution in [0, 0.1) is 18.7 Å². The van der Waals surface area contributed by atoms with E-state index in [1.807, 2.05) is 0 Å². The molecule has 1 aliphatic carbocycles. The second-order valence-corrected chi connectivity index (χ2v) is 6.97. The van der Waals surface area contributed by atoms with Gasteiger partial charge in [0.05, 0.1) is 0 Å². The van der Waals surface area contributed by atoms with Gasteiger partial charge in [-0.1, -0.05) is 6.07 Å². The van der Waals surface area contributed by atoms with Crippen molar-refractivity contribution in [1.29, 1.82) is 0 Å². The molecule has 0 bridgehead atoms. The van der Waals surface area contributed by atoms with Gasteiger partial charge >= 0.3 is 5.97 Å². The largest absolute Gasteiger partial charge is 0.480 e. The number of nitrogens with zero attached hydrogens (tertiary/aromatic N) is 1. The number of aryl methyl sites for hydroxylation is 1. The molecule has 1 aromatic carbocycles. The Bertz CT molecular complexity index is 625. The second kappa shape index (κ2) is 5.49. The van der Waals surface area contributed by atoms with Gasteiger partial charge in [0, 0.05) is 6.54 Å². The average molecular weight is 301 g/mol. The van der Waals surface area contributed by atoms with Crippen molar-refractivity contribution in [3.63, 3.8) is 0 Å². The summed E-state index contributed by atoms with van der Waals surface area (Å²) in [4.78, 5) is 10.4. The summed E-state index contributed by atoms with van der Waals surface area (Å²) in [5.74, 6) is -1.93. The Hall–Kier alpha value is -1.47. The molecule has 20 heavy (non-hydrogen) atoms. The maximum atomic E-state index is 13.8. The van der Waals surface area contributed by atoms with Crippen LogP contribution < -0.4 is 0 Å². The van der Waals surface area contributed by atoms with Crippen LogP contribution in [-0.4, -0.2) is 36.9 Å². The molecule has 0 unspecified atom stereocenters. The molecular formula is C13H16FNO4S. The molecule has 110 valence electrons. The van der Waals surface area contributed by atoms with Crippen molar-refractivity contribution in [1.82, 2.24) is 4.31 Å². The van der Waals surface area contributed by atoms with Crippen LogP contribution in [0.25, 0.3) is 0 Å². The van der Waals surface area contributed by atoms with Crippen molar-refractivity contribution in [2.45, 2.75) is 24.7 Å². The zero-order chi connectivity index (χ0) is 14.9. The maximum Gasteiger partial charge on any atom is 0.318 e. The predicted molar refractivity (Wildman–Crippen MR) is 70.3 cm³/mol. The number of carboxylic acids is 1. The van der Waals surface area contributed by atoms with E-state index in [2.05, 4.69) is 0 Å². The van der Waals surface area contributed by atoms with Gasteiger partial charge in [-0.15, -0.1) is 0 Å². The zero-order valence-electron chi connectivity index (χ0n) is 11.0. The van der Waals surface area contributed by atoms with Crippen molar-refractivity contribution in [2.24, 2.45) is 5.92 Å². The molecule has 2 rings (SSSR count). The fraction of sp³-hybridized carbons (Fsp3) is 0.462. The standard InChI is InChI=1S/C13H16FNO4S/c1-9-2-5-11(14)12(6-9)20(18,19)15(8-13(16)17)7-10-3-4-10/h2,5-6,10H,3-4,7-8H2,1H3,(H,16,17). The van der Waals surface area contributed by atoms with Crippen LogP contribution in [0.2, 0.25) is 0 Å². The predicted octanol–water partition coefficient (Wildman–Crippen LogP) is 1.62. The molecule has 1 saturated carbocycles. The lowest BCUT2D eigenvalue weighted by atomic mass is 10.2. The summed E-state index contributed by atoms with van der Waals surface area (Å²) in [6.45, 7) is 1.13. The van der Waals surface area contributed by atoms with E-state index < -0.39 is 33.3 Å². The van der Waals surface area contributed by atoms with Crippen molar-refractivity contribution in [2.75, 3.05) is 13.1 Å². The minimum absolute atomic E-state index is 0.127. The van der Waals surface area contributed by atoms with Gasteiger partial charge in [-0.2, -0.15) is 4.31 Å². The number of hydrogen-bond donors (Lipinski definition) is 1. The Morgan fingerprint density at radius 2 is 2.10 bits per heavy atom. The first-order valence-electron chi connectivity index (χ1n) is 6.29. The SMILES string of the molecule is Cc1ccc(F)c(S(=O)(=O)N(CC(=O)O)CC2CC2)c1. The number of benzene rings is 1. The Morgan fingerprint density at radius 3 is 2.65 bits per heavy atom. The summed E-state index contributed by atoms with van der Waals surface area (Å²) in [5.41, 5.74) is 0.603. The zero-order valence-corrected chi connectivity index (χ0v) is 11.9. The van der Waals surface area contributed by atoms with Crippen molar-refractivity contribution < 1.29 is 22.7 Å². The van der Waals surface area contributed by atoms with E-state index in [1.54, 1.807) is 6.92 Å². The minimum Gasteiger partial charge on any atom is -0.480 e. The third-order valence-electron chi connectivity index (χ3n) is 3.17. The summed E-state index contributed by atoms with van der Waals surface area (Å²) >= 11 is 0. The summed E-state index contributed by atoms with van der Waals surface area (Å²) in [6, 6.07) is 3.78. The number of sulfonamides is 1. The quantitative estimate of drug-likeness (QED) is 0.866. The summed E-state index contributed by atoms with van der Waals surface area (Å²) in [5, 5.41) is 8.85. The molecule has 0 radical (unpaired) electrons. The number of carboxylic acid groups (broad SMARTS) is 1. The molecule has 7 heteroatoms. The molecule has 1 aliphatic rings. The van der Waals surface area contributed by atoms with Gasteiger partial charge in [0.1, 0.15) is 17.3 Å². The van der Waals surface area contributed by atoms with Crippen molar-refractivity contribution >= 4 is 16.0 Å². The number of carbonyl (C=O) groups is 1. The molecule has 0 atom stereocenters. The molecule has 5 nitrogen and oxygen atoms in total. The number of hydrogen-bond acceptors (Lipinski definition) is 3. The Labute approximate surface area is 117 Å². The highest BCUT2D eigenvalue weighted by Crippen LogP contribution is 2.32. The van der Waals surface area contributed by atoms with E-state index >= 15 is 0 Å². The van der Waals surface area contributed by atoms with E-state index in [0.717, 1.165) is 23.2 Å². The highest BCUT2D eigenvalue weighted by atomic mass is 32.2. The van der Waals surface area contributed by atoms with Gasteiger partial charge in [0.15, 0.2) is 0 Å². The Morgan fingerprint density at radius 1 is 1.45 bits per heavy atom. The smallest absolute Gasteiger partial charge is 0.318 e. The minimum atomic E-state index is -4.13. The number of rotatable bonds is 6. The molecular weight excluding hydrogens is 285 g/mol. The fourth-order valence-corrected chi connectivity index (χ4v) is 3.55. The first-order chi connectivity index (χ1) is 9.30. The molecule has 0 heterocycles. The maximum absolute atomic E-state index is 13.8. The van der Waals surface area contributed by atoms with Crippen LogP contribution in [0.1, 0.15) is 18.4 Å². The Balaban J connectivity index is 2.37. The van der Waals surface area contributed by atoms with E-state index in [1.165, 1.54) is 12.1 Å². The van der Waals surface area contributed by atoms with Gasteiger partial charge < -0.3 is 5.11 Å². The van der Waals surface area contributed by atoms with E-state index in [-0.39, 0.29) is 12.5 Å². The van der Waals surface area contributed by atoms with E-state index in [4.69, 9.17) is 5.11 Å². The van der Waals surface area contributed by atoms with Gasteiger partial charge in [-0.25, -0.2) is 12.8 Å². The molecule has 0 aromatic heterocycles. The van der Waals surface area contributed by atoms with Crippen molar-refractivity contribution in [3.05, 3.63) is 29.6 Å². The van der Waals surface area contributed by atoms with Gasteiger partial charge in [-0.05, 0) is 43.4 Å². The summed E-state index contributed by atoms with van der Waals surface area (Å²) in [6.07, 6.45) is 1.75. The average Bonchev–Trinajstić information content (AvgIpc) is 3.14. The highest BCUT2D eigenvalue weighted by molar-refractivity contribution is 7.89. The molecule has 0 amide bonds. The molecule has 1 N–H and O–H groups in total. The van der Waals surface area contributed by atoms with Crippen LogP contribution in [0.15, 0.2) is 23.1 Å². The summed E-state index contributed by atoms with van der Waals surface area (Å²) in [7, 11) is -4.13. The topological polar surface area (TPSA) is 74.7 Å². The second-order valence-electron chi connectivity index (χ2n) is 5.07. The molecule has 0 spiro atoms. The molecule has 1 fully saturated rings. The number of halogens is 1. The van der Waals surface area contributed by atoms with Crippen LogP contribution >= 0.6 is 0 Å².